The smallest absolute Gasteiger partial charge is 0.309 e. The van der Waals surface area contributed by atoms with E-state index in [1.165, 1.54) is 0 Å². The van der Waals surface area contributed by atoms with E-state index in [0.717, 1.165) is 0 Å². The third-order valence-electron chi connectivity index (χ3n) is 3.15. The molecule has 0 saturated carbocycles. The van der Waals surface area contributed by atoms with Crippen molar-refractivity contribution in [3.63, 3.8) is 0 Å². The number of aliphatic carboxylic acids is 1. The highest BCUT2D eigenvalue weighted by Crippen LogP contribution is 2.28. The summed E-state index contributed by atoms with van der Waals surface area (Å²) < 4.78 is 22.9. The predicted octanol–water partition coefficient (Wildman–Crippen LogP) is 2.09. The highest BCUT2D eigenvalue weighted by atomic mass is 32.2. The molecule has 1 unspecified atom stereocenters. The van der Waals surface area contributed by atoms with Crippen LogP contribution < -0.4 is 0 Å². The van der Waals surface area contributed by atoms with Crippen LogP contribution in [-0.2, 0) is 14.6 Å². The van der Waals surface area contributed by atoms with Crippen LogP contribution in [0.3, 0.4) is 0 Å². The van der Waals surface area contributed by atoms with Gasteiger partial charge in [-0.2, -0.15) is 0 Å². The number of rotatable bonds is 5. The van der Waals surface area contributed by atoms with Crippen molar-refractivity contribution >= 4 is 15.8 Å². The van der Waals surface area contributed by atoms with Gasteiger partial charge in [-0.25, -0.2) is 8.42 Å². The van der Waals surface area contributed by atoms with Gasteiger partial charge < -0.3 is 5.11 Å². The Kier molecular flexibility index (Phi) is 4.56. The fraction of sp³-hybridized carbons (Fsp3) is 0.909. The second kappa shape index (κ2) is 4.73. The van der Waals surface area contributed by atoms with Gasteiger partial charge in [0.15, 0.2) is 9.84 Å². The molecule has 0 rings (SSSR count). The number of carboxylic acid groups (broad SMARTS) is 1. The van der Waals surface area contributed by atoms with Crippen molar-refractivity contribution in [1.29, 1.82) is 0 Å². The second-order valence-corrected chi connectivity index (χ2v) is 8.26. The lowest BCUT2D eigenvalue weighted by Crippen LogP contribution is -2.35. The van der Waals surface area contributed by atoms with E-state index in [4.69, 9.17) is 5.11 Å². The number of hydrogen-bond acceptors (Lipinski definition) is 3. The van der Waals surface area contributed by atoms with Crippen molar-refractivity contribution in [3.05, 3.63) is 0 Å². The van der Waals surface area contributed by atoms with E-state index in [1.807, 2.05) is 0 Å². The summed E-state index contributed by atoms with van der Waals surface area (Å²) in [5, 5.41) is 9.04. The Morgan fingerprint density at radius 3 is 1.88 bits per heavy atom. The molecule has 0 heterocycles. The first kappa shape index (κ1) is 15.4. The largest absolute Gasteiger partial charge is 0.481 e. The normalized spacial score (nSPS) is 16.8. The molecule has 0 fully saturated rings. The third kappa shape index (κ3) is 3.47. The highest BCUT2D eigenvalue weighted by molar-refractivity contribution is 7.92. The first-order valence-corrected chi connectivity index (χ1v) is 7.07. The SMILES string of the molecule is CCC(C)(CCS(=O)(=O)C(C)(C)C)C(=O)O. The van der Waals surface area contributed by atoms with Crippen LogP contribution in [0.4, 0.5) is 0 Å². The van der Waals surface area contributed by atoms with Crippen LogP contribution in [0, 0.1) is 5.41 Å². The first-order chi connectivity index (χ1) is 6.96. The molecule has 0 aromatic rings. The van der Waals surface area contributed by atoms with Crippen LogP contribution in [0.15, 0.2) is 0 Å². The van der Waals surface area contributed by atoms with E-state index in [-0.39, 0.29) is 12.2 Å². The molecule has 0 aromatic heterocycles. The second-order valence-electron chi connectivity index (χ2n) is 5.40. The van der Waals surface area contributed by atoms with Crippen molar-refractivity contribution in [2.45, 2.75) is 52.2 Å². The molecule has 5 heteroatoms. The molecule has 1 N–H and O–H groups in total. The maximum atomic E-state index is 11.8. The average Bonchev–Trinajstić information content (AvgIpc) is 2.12. The van der Waals surface area contributed by atoms with Gasteiger partial charge in [-0.15, -0.1) is 0 Å². The van der Waals surface area contributed by atoms with E-state index in [1.54, 1.807) is 34.6 Å². The molecule has 16 heavy (non-hydrogen) atoms. The summed E-state index contributed by atoms with van der Waals surface area (Å²) >= 11 is 0. The van der Waals surface area contributed by atoms with E-state index in [2.05, 4.69) is 0 Å². The predicted molar refractivity (Wildman–Crippen MR) is 64.2 cm³/mol. The summed E-state index contributed by atoms with van der Waals surface area (Å²) in [5.74, 6) is -1.01. The van der Waals surface area contributed by atoms with Crippen molar-refractivity contribution in [2.75, 3.05) is 5.75 Å². The number of sulfone groups is 1. The molecular weight excluding hydrogens is 228 g/mol. The van der Waals surface area contributed by atoms with E-state index in [9.17, 15) is 13.2 Å². The molecule has 0 amide bonds. The lowest BCUT2D eigenvalue weighted by molar-refractivity contribution is -0.148. The summed E-state index contributed by atoms with van der Waals surface area (Å²) in [4.78, 5) is 11.0. The fourth-order valence-electron chi connectivity index (χ4n) is 1.10. The Bertz CT molecular complexity index is 351. The molecule has 0 saturated heterocycles. The highest BCUT2D eigenvalue weighted by Gasteiger charge is 2.36. The third-order valence-corrected chi connectivity index (χ3v) is 5.76. The zero-order chi connectivity index (χ0) is 13.2. The molecule has 0 aliphatic heterocycles. The summed E-state index contributed by atoms with van der Waals surface area (Å²) in [6.45, 7) is 8.25. The Morgan fingerprint density at radius 1 is 1.19 bits per heavy atom. The minimum Gasteiger partial charge on any atom is -0.481 e. The standard InChI is InChI=1S/C11H22O4S/c1-6-11(5,9(12)13)7-8-16(14,15)10(2,3)4/h6-8H2,1-5H3,(H,12,13). The Hall–Kier alpha value is -0.580. The van der Waals surface area contributed by atoms with Gasteiger partial charge in [0.25, 0.3) is 0 Å². The topological polar surface area (TPSA) is 71.4 Å². The molecule has 0 aliphatic carbocycles. The van der Waals surface area contributed by atoms with Crippen molar-refractivity contribution in [1.82, 2.24) is 0 Å². The Morgan fingerprint density at radius 2 is 1.62 bits per heavy atom. The van der Waals surface area contributed by atoms with Crippen molar-refractivity contribution in [3.8, 4) is 0 Å². The summed E-state index contributed by atoms with van der Waals surface area (Å²) in [6.07, 6.45) is 0.598. The lowest BCUT2D eigenvalue weighted by atomic mass is 9.85. The van der Waals surface area contributed by atoms with E-state index < -0.39 is 26.0 Å². The molecule has 0 bridgehead atoms. The lowest BCUT2D eigenvalue weighted by Gasteiger charge is -2.25. The minimum atomic E-state index is -3.24. The molecule has 0 radical (unpaired) electrons. The maximum absolute atomic E-state index is 11.8. The van der Waals surface area contributed by atoms with Gasteiger partial charge in [0, 0.05) is 0 Å². The summed E-state index contributed by atoms with van der Waals surface area (Å²) in [6, 6.07) is 0. The van der Waals surface area contributed by atoms with Crippen LogP contribution in [0.1, 0.15) is 47.5 Å². The minimum absolute atomic E-state index is 0.0763. The number of carboxylic acids is 1. The molecule has 0 aliphatic rings. The van der Waals surface area contributed by atoms with Crippen LogP contribution in [-0.4, -0.2) is 30.0 Å². The van der Waals surface area contributed by atoms with E-state index >= 15 is 0 Å². The zero-order valence-electron chi connectivity index (χ0n) is 10.7. The molecular formula is C11H22O4S. The Balaban J connectivity index is 4.76. The van der Waals surface area contributed by atoms with Gasteiger partial charge >= 0.3 is 5.97 Å². The van der Waals surface area contributed by atoms with Gasteiger partial charge in [-0.3, -0.25) is 4.79 Å². The average molecular weight is 250 g/mol. The van der Waals surface area contributed by atoms with Crippen LogP contribution in [0.5, 0.6) is 0 Å². The number of carbonyl (C=O) groups is 1. The van der Waals surface area contributed by atoms with Gasteiger partial charge in [0.1, 0.15) is 0 Å². The summed E-state index contributed by atoms with van der Waals surface area (Å²) in [7, 11) is -3.24. The zero-order valence-corrected chi connectivity index (χ0v) is 11.5. The van der Waals surface area contributed by atoms with Crippen LogP contribution >= 0.6 is 0 Å². The first-order valence-electron chi connectivity index (χ1n) is 5.42. The van der Waals surface area contributed by atoms with Gasteiger partial charge in [0.05, 0.1) is 15.9 Å². The van der Waals surface area contributed by atoms with Gasteiger partial charge in [-0.1, -0.05) is 6.92 Å². The van der Waals surface area contributed by atoms with Crippen LogP contribution in [0.2, 0.25) is 0 Å². The maximum Gasteiger partial charge on any atom is 0.309 e. The van der Waals surface area contributed by atoms with Crippen molar-refractivity contribution in [2.24, 2.45) is 5.41 Å². The molecule has 0 spiro atoms. The summed E-state index contributed by atoms with van der Waals surface area (Å²) in [5.41, 5.74) is -0.946. The molecule has 0 aromatic carbocycles. The number of hydrogen-bond donors (Lipinski definition) is 1. The van der Waals surface area contributed by atoms with Gasteiger partial charge in [-0.05, 0) is 40.5 Å². The van der Waals surface area contributed by atoms with E-state index in [0.29, 0.717) is 6.42 Å². The van der Waals surface area contributed by atoms with Gasteiger partial charge in [0.2, 0.25) is 0 Å². The molecule has 1 atom stereocenters. The van der Waals surface area contributed by atoms with Crippen LogP contribution in [0.25, 0.3) is 0 Å². The van der Waals surface area contributed by atoms with Crippen molar-refractivity contribution < 1.29 is 18.3 Å². The Labute approximate surface area is 98.0 Å². The molecule has 4 nitrogen and oxygen atoms in total. The monoisotopic (exact) mass is 250 g/mol. The quantitative estimate of drug-likeness (QED) is 0.811. The fourth-order valence-corrected chi connectivity index (χ4v) is 2.43. The molecule has 96 valence electrons.